The van der Waals surface area contributed by atoms with Gasteiger partial charge >= 0.3 is 25.0 Å². The van der Waals surface area contributed by atoms with Crippen molar-refractivity contribution in [1.82, 2.24) is 0 Å². The molecule has 11 nitrogen and oxygen atoms in total. The van der Waals surface area contributed by atoms with Crippen LogP contribution in [0.2, 0.25) is 0 Å². The molecule has 16 heteroatoms. The minimum Gasteiger partial charge on any atom is -0.479 e. The number of ether oxygens (including phenoxy) is 5. The highest BCUT2D eigenvalue weighted by Crippen LogP contribution is 2.52. The van der Waals surface area contributed by atoms with Crippen molar-refractivity contribution < 1.29 is 52.5 Å². The predicted molar refractivity (Wildman–Crippen MR) is 416 cm³/mol. The van der Waals surface area contributed by atoms with Gasteiger partial charge in [-0.3, -0.25) is 0 Å². The molecule has 1 aliphatic heterocycles. The number of thiophene rings is 3. The van der Waals surface area contributed by atoms with Crippen LogP contribution in [0.15, 0.2) is 40.9 Å². The fourth-order valence-electron chi connectivity index (χ4n) is 13.7. The molecule has 0 spiro atoms. The first-order valence-corrected chi connectivity index (χ1v) is 39.8. The predicted octanol–water partition coefficient (Wildman–Crippen LogP) is 23.6. The summed E-state index contributed by atoms with van der Waals surface area (Å²) >= 11 is 8.62. The fraction of sp³-hybridized carbons (Fsp3) is 0.671. The highest BCUT2D eigenvalue weighted by molar-refractivity contribution is 9.11. The van der Waals surface area contributed by atoms with E-state index in [0.29, 0.717) is 24.0 Å². The largest absolute Gasteiger partial charge is 0.506 e. The van der Waals surface area contributed by atoms with Crippen molar-refractivity contribution in [3.8, 4) is 0 Å². The Kier molecular flexibility index (Phi) is 27.4. The van der Waals surface area contributed by atoms with E-state index in [-0.39, 0.29) is 17.4 Å². The number of halogens is 1. The van der Waals surface area contributed by atoms with Gasteiger partial charge < -0.3 is 38.1 Å². The van der Waals surface area contributed by atoms with Gasteiger partial charge in [-0.2, -0.15) is 0 Å². The number of allylic oxidation sites excluding steroid dienone is 12. The highest BCUT2D eigenvalue weighted by Gasteiger charge is 2.54. The van der Waals surface area contributed by atoms with Gasteiger partial charge in [0.05, 0.1) is 41.2 Å². The van der Waals surface area contributed by atoms with Gasteiger partial charge in [0.15, 0.2) is 18.3 Å². The number of esters is 2. The summed E-state index contributed by atoms with van der Waals surface area (Å²) in [5.41, 5.74) is 11.6. The number of carbonyl (C=O) groups excluding carboxylic acids is 2. The minimum atomic E-state index is -0.933. The Morgan fingerprint density at radius 3 is 1.12 bits per heavy atom. The van der Waals surface area contributed by atoms with Crippen LogP contribution in [0, 0.1) is 37.0 Å². The van der Waals surface area contributed by atoms with Gasteiger partial charge in [-0.25, -0.2) is 14.4 Å². The minimum absolute atomic E-state index is 0.266. The number of hydrogen-bond donors (Lipinski definition) is 1. The molecule has 6 aliphatic carbocycles. The second-order valence-corrected chi connectivity index (χ2v) is 38.9. The average Bonchev–Trinajstić information content (AvgIpc) is 1.60. The van der Waals surface area contributed by atoms with Gasteiger partial charge in [0.2, 0.25) is 0 Å². The first-order chi connectivity index (χ1) is 45.4. The summed E-state index contributed by atoms with van der Waals surface area (Å²) in [7, 11) is -0.495. The van der Waals surface area contributed by atoms with Crippen LogP contribution in [0.25, 0.3) is 27.9 Å². The molecule has 98 heavy (non-hydrogen) atoms. The molecule has 544 valence electrons. The van der Waals surface area contributed by atoms with E-state index in [2.05, 4.69) is 142 Å². The van der Waals surface area contributed by atoms with E-state index in [0.717, 1.165) is 126 Å². The highest BCUT2D eigenvalue weighted by atomic mass is 79.9. The number of carboxylic acid groups (broad SMARTS) is 1. The number of hydrogen-bond acceptors (Lipinski definition) is 13. The summed E-state index contributed by atoms with van der Waals surface area (Å²) in [6, 6.07) is 0. The van der Waals surface area contributed by atoms with Gasteiger partial charge in [-0.05, 0) is 294 Å². The van der Waals surface area contributed by atoms with Crippen LogP contribution in [0.1, 0.15) is 337 Å². The molecule has 0 radical (unpaired) electrons. The first-order valence-electron chi connectivity index (χ1n) is 36.5. The standard InChI is InChI=1S/C27H43BO5S.C26H38O3S.C24H34O3S.C5H7Br/c1-12-30-23(29)21(31-24(3,4)5)19-17(2)34-22(28-32-26(8,9)27(10,11)33-28)20(19)18-13-15-25(6,7)16-14-18;1-8-28-24(27)22(29-25(3,4)5)20-17(2)30-23(19-11-9-10-12-19)21(20)18-13-15-26(6,7)16-14-18;1-15-18(20(22(25)26)27-23(2,3)4)19(16-11-13-24(5,6)14-12-16)21(28-15)17-9-7-8-10-17;6-5-3-1-2-4-5/h13,21H,12,14-16H2,1-11H3;11,13,22H,8-10,12,14-16H2,1-7H3;9,11,20H,7-8,10,12-14H2,1-6H3,(H,25,26);3H,1-2,4H2. The number of aliphatic carboxylic acids is 1. The topological polar surface area (TPSA) is 136 Å². The second-order valence-electron chi connectivity index (χ2n) is 34.2. The Hall–Kier alpha value is -3.71. The quantitative estimate of drug-likeness (QED) is 0.102. The molecule has 4 heterocycles. The zero-order valence-electron chi connectivity index (χ0n) is 64.5. The third-order valence-corrected chi connectivity index (χ3v) is 24.1. The van der Waals surface area contributed by atoms with Crippen molar-refractivity contribution in [1.29, 1.82) is 0 Å². The molecular weight excluding hydrogens is 1350 g/mol. The Labute approximate surface area is 612 Å². The number of carboxylic acids is 1. The van der Waals surface area contributed by atoms with E-state index >= 15 is 0 Å². The molecule has 0 bridgehead atoms. The Morgan fingerprint density at radius 2 is 0.827 bits per heavy atom. The van der Waals surface area contributed by atoms with Crippen molar-refractivity contribution in [2.75, 3.05) is 13.2 Å². The number of rotatable bonds is 17. The molecule has 0 amide bonds. The van der Waals surface area contributed by atoms with Crippen molar-refractivity contribution in [2.45, 2.75) is 328 Å². The summed E-state index contributed by atoms with van der Waals surface area (Å²) in [6.45, 7) is 50.5. The molecule has 0 saturated carbocycles. The lowest BCUT2D eigenvalue weighted by atomic mass is 9.73. The fourth-order valence-corrected chi connectivity index (χ4v) is 17.9. The van der Waals surface area contributed by atoms with Crippen LogP contribution in [0.3, 0.4) is 0 Å². The lowest BCUT2D eigenvalue weighted by Gasteiger charge is -2.32. The lowest BCUT2D eigenvalue weighted by Crippen LogP contribution is -2.41. The summed E-state index contributed by atoms with van der Waals surface area (Å²) in [4.78, 5) is 44.4. The van der Waals surface area contributed by atoms with Gasteiger partial charge in [0, 0.05) is 57.0 Å². The Bertz CT molecular complexity index is 3500. The number of aryl methyl sites for hydroxylation is 3. The van der Waals surface area contributed by atoms with Crippen molar-refractivity contribution >= 4 is 108 Å². The third-order valence-electron chi connectivity index (χ3n) is 19.8. The molecule has 1 N–H and O–H groups in total. The van der Waals surface area contributed by atoms with Gasteiger partial charge in [-0.15, -0.1) is 34.0 Å². The van der Waals surface area contributed by atoms with Gasteiger partial charge in [0.25, 0.3) is 0 Å². The smallest absolute Gasteiger partial charge is 0.479 e. The van der Waals surface area contributed by atoms with Crippen molar-refractivity contribution in [3.63, 3.8) is 0 Å². The monoisotopic (exact) mass is 1470 g/mol. The van der Waals surface area contributed by atoms with Crippen LogP contribution < -0.4 is 4.78 Å². The third kappa shape index (κ3) is 21.5. The van der Waals surface area contributed by atoms with Crippen LogP contribution in [0.5, 0.6) is 0 Å². The van der Waals surface area contributed by atoms with Gasteiger partial charge in [0.1, 0.15) is 0 Å². The molecule has 3 atom stereocenters. The molecule has 3 unspecified atom stereocenters. The summed E-state index contributed by atoms with van der Waals surface area (Å²) in [5.74, 6) is -1.53. The van der Waals surface area contributed by atoms with E-state index < -0.39 is 59.4 Å². The van der Waals surface area contributed by atoms with Gasteiger partial charge in [-0.1, -0.05) is 93.9 Å². The maximum Gasteiger partial charge on any atom is 0.506 e. The Balaban J connectivity index is 0.000000198. The molecule has 0 aromatic carbocycles. The normalized spacial score (nSPS) is 21.1. The molecule has 3 aromatic rings. The summed E-state index contributed by atoms with van der Waals surface area (Å²) in [5, 5.41) is 10.0. The molecule has 1 fully saturated rings. The van der Waals surface area contributed by atoms with E-state index in [4.69, 9.17) is 33.0 Å². The van der Waals surface area contributed by atoms with E-state index in [1.807, 2.05) is 87.5 Å². The zero-order valence-corrected chi connectivity index (χ0v) is 68.6. The maximum atomic E-state index is 13.2. The van der Waals surface area contributed by atoms with E-state index in [9.17, 15) is 19.5 Å². The summed E-state index contributed by atoms with van der Waals surface area (Å²) in [6.07, 6.45) is 31.8. The maximum absolute atomic E-state index is 13.2. The first kappa shape index (κ1) is 81.6. The van der Waals surface area contributed by atoms with Crippen LogP contribution >= 0.6 is 49.9 Å². The lowest BCUT2D eigenvalue weighted by molar-refractivity contribution is -0.167. The zero-order chi connectivity index (χ0) is 72.9. The van der Waals surface area contributed by atoms with Crippen LogP contribution in [-0.4, -0.2) is 71.4 Å². The Morgan fingerprint density at radius 1 is 0.490 bits per heavy atom. The SMILES string of the molecule is BrC1=CCCC1.CCOC(=O)C(OC(C)(C)C)c1c(C)sc(B2OC(C)(C)C(C)(C)O2)c1C1=CCC(C)(C)CC1.CCOC(=O)C(OC(C)(C)C)c1c(C)sc(C2=CCCC2)c1C1=CCC(C)(C)CC1.Cc1sc(C2=CCCC2)c(C2=CCC(C)(C)CC2)c1C(OC(C)(C)C)C(=O)O. The van der Waals surface area contributed by atoms with E-state index in [1.54, 1.807) is 22.7 Å². The molecule has 3 aromatic heterocycles. The van der Waals surface area contributed by atoms with Crippen LogP contribution in [-0.2, 0) is 47.4 Å². The molecule has 10 rings (SSSR count). The van der Waals surface area contributed by atoms with Crippen molar-refractivity contribution in [3.05, 3.63) is 98.7 Å². The molecular formula is C82H122BBrO11S3. The van der Waals surface area contributed by atoms with Crippen LogP contribution in [0.4, 0.5) is 0 Å². The molecule has 1 saturated heterocycles. The van der Waals surface area contributed by atoms with Crippen molar-refractivity contribution in [2.24, 2.45) is 16.2 Å². The average molecular weight is 1470 g/mol. The molecule has 7 aliphatic rings. The van der Waals surface area contributed by atoms with E-state index in [1.165, 1.54) is 84.6 Å². The summed E-state index contributed by atoms with van der Waals surface area (Å²) < 4.78 is 45.1. The number of carbonyl (C=O) groups is 3. The second kappa shape index (κ2) is 33.0.